The summed E-state index contributed by atoms with van der Waals surface area (Å²) in [6, 6.07) is 22.6. The van der Waals surface area contributed by atoms with Crippen LogP contribution in [0.15, 0.2) is 83.8 Å². The average molecular weight is 439 g/mol. The molecular weight excluding hydrogens is 420 g/mol. The predicted octanol–water partition coefficient (Wildman–Crippen LogP) is 4.41. The summed E-state index contributed by atoms with van der Waals surface area (Å²) in [6.45, 7) is 0. The molecule has 0 spiro atoms. The molecule has 9 heteroatoms. The number of aromatic amines is 1. The zero-order valence-corrected chi connectivity index (χ0v) is 17.6. The van der Waals surface area contributed by atoms with Gasteiger partial charge in [-0.1, -0.05) is 18.2 Å². The Morgan fingerprint density at radius 1 is 0.967 bits per heavy atom. The van der Waals surface area contributed by atoms with E-state index < -0.39 is 10.0 Å². The Bertz CT molecular complexity index is 1310. The predicted molar refractivity (Wildman–Crippen MR) is 118 cm³/mol. The number of nitrogens with one attached hydrogen (secondary N) is 2. The third-order valence-electron chi connectivity index (χ3n) is 4.45. The molecule has 0 amide bonds. The van der Waals surface area contributed by atoms with E-state index in [1.54, 1.807) is 66.3 Å². The number of benzene rings is 3. The van der Waals surface area contributed by atoms with E-state index in [2.05, 4.69) is 14.9 Å². The van der Waals surface area contributed by atoms with Crippen molar-refractivity contribution in [2.45, 2.75) is 4.90 Å². The van der Waals surface area contributed by atoms with E-state index in [1.165, 1.54) is 0 Å². The number of anilines is 1. The highest BCUT2D eigenvalue weighted by atomic mass is 32.2. The van der Waals surface area contributed by atoms with Crippen molar-refractivity contribution >= 4 is 27.9 Å². The van der Waals surface area contributed by atoms with Gasteiger partial charge in [0.25, 0.3) is 10.0 Å². The molecule has 4 rings (SSSR count). The molecule has 0 atom stereocenters. The van der Waals surface area contributed by atoms with Crippen molar-refractivity contribution in [2.24, 2.45) is 0 Å². The third kappa shape index (κ3) is 3.98. The maximum absolute atomic E-state index is 12.5. The largest absolute Gasteiger partial charge is 0.497 e. The molecule has 0 aliphatic heterocycles. The van der Waals surface area contributed by atoms with Gasteiger partial charge in [0.2, 0.25) is 0 Å². The van der Waals surface area contributed by atoms with Gasteiger partial charge in [-0.3, -0.25) is 14.4 Å². The van der Waals surface area contributed by atoms with Crippen LogP contribution in [0, 0.1) is 4.77 Å². The Morgan fingerprint density at radius 2 is 1.63 bits per heavy atom. The van der Waals surface area contributed by atoms with Crippen LogP contribution in [-0.4, -0.2) is 30.3 Å². The summed E-state index contributed by atoms with van der Waals surface area (Å²) in [7, 11) is -2.04. The van der Waals surface area contributed by atoms with Crippen molar-refractivity contribution < 1.29 is 13.2 Å². The van der Waals surface area contributed by atoms with Gasteiger partial charge in [0.05, 0.1) is 17.7 Å². The molecule has 0 aliphatic carbocycles. The summed E-state index contributed by atoms with van der Waals surface area (Å²) >= 11 is 5.39. The van der Waals surface area contributed by atoms with Gasteiger partial charge in [-0.2, -0.15) is 5.10 Å². The van der Waals surface area contributed by atoms with Gasteiger partial charge in [-0.25, -0.2) is 8.42 Å². The number of aromatic nitrogens is 3. The van der Waals surface area contributed by atoms with Gasteiger partial charge in [0.15, 0.2) is 10.6 Å². The molecule has 152 valence electrons. The van der Waals surface area contributed by atoms with Crippen LogP contribution < -0.4 is 9.46 Å². The molecule has 0 radical (unpaired) electrons. The minimum Gasteiger partial charge on any atom is -0.497 e. The Morgan fingerprint density at radius 3 is 2.27 bits per heavy atom. The quantitative estimate of drug-likeness (QED) is 0.436. The molecule has 0 fully saturated rings. The van der Waals surface area contributed by atoms with Gasteiger partial charge in [0, 0.05) is 11.3 Å². The van der Waals surface area contributed by atoms with Gasteiger partial charge in [0.1, 0.15) is 5.75 Å². The molecule has 7 nitrogen and oxygen atoms in total. The number of rotatable bonds is 6. The molecule has 0 unspecified atom stereocenters. The normalized spacial score (nSPS) is 11.2. The minimum absolute atomic E-state index is 0.203. The zero-order chi connectivity index (χ0) is 21.1. The van der Waals surface area contributed by atoms with Crippen LogP contribution in [0.1, 0.15) is 0 Å². The zero-order valence-electron chi connectivity index (χ0n) is 15.9. The molecule has 0 saturated carbocycles. The second kappa shape index (κ2) is 8.13. The molecule has 2 N–H and O–H groups in total. The molecule has 4 aromatic rings. The standard InChI is InChI=1S/C21H18N4O3S2/c1-28-18-13-11-17(12-14-18)25-20(22-23-21(25)29)15-7-9-16(10-8-15)24-30(26,27)19-5-3-2-4-6-19/h2-14,24H,1H3,(H,23,29). The topological polar surface area (TPSA) is 89.0 Å². The summed E-state index contributed by atoms with van der Waals surface area (Å²) in [5.41, 5.74) is 2.06. The van der Waals surface area contributed by atoms with Crippen molar-refractivity contribution in [3.05, 3.63) is 83.6 Å². The van der Waals surface area contributed by atoms with Crippen molar-refractivity contribution in [3.8, 4) is 22.8 Å². The maximum Gasteiger partial charge on any atom is 0.261 e. The number of hydrogen-bond acceptors (Lipinski definition) is 5. The first-order chi connectivity index (χ1) is 14.5. The lowest BCUT2D eigenvalue weighted by Crippen LogP contribution is -2.12. The number of methoxy groups -OCH3 is 1. The Labute approximate surface area is 179 Å². The van der Waals surface area contributed by atoms with E-state index in [4.69, 9.17) is 17.0 Å². The summed E-state index contributed by atoms with van der Waals surface area (Å²) in [4.78, 5) is 0.203. The van der Waals surface area contributed by atoms with Crippen LogP contribution in [0.2, 0.25) is 0 Å². The molecule has 0 aliphatic rings. The molecule has 1 heterocycles. The van der Waals surface area contributed by atoms with Gasteiger partial charge in [-0.15, -0.1) is 0 Å². The number of ether oxygens (including phenoxy) is 1. The Kier molecular flexibility index (Phi) is 5.39. The number of sulfonamides is 1. The highest BCUT2D eigenvalue weighted by molar-refractivity contribution is 7.92. The van der Waals surface area contributed by atoms with Crippen LogP contribution in [0.25, 0.3) is 17.1 Å². The maximum atomic E-state index is 12.5. The molecule has 30 heavy (non-hydrogen) atoms. The lowest BCUT2D eigenvalue weighted by Gasteiger charge is -2.10. The van der Waals surface area contributed by atoms with Gasteiger partial charge < -0.3 is 4.74 Å². The minimum atomic E-state index is -3.65. The summed E-state index contributed by atoms with van der Waals surface area (Å²) < 4.78 is 35.0. The highest BCUT2D eigenvalue weighted by Gasteiger charge is 2.15. The average Bonchev–Trinajstić information content (AvgIpc) is 3.16. The first-order valence-electron chi connectivity index (χ1n) is 8.98. The van der Waals surface area contributed by atoms with Crippen LogP contribution in [0.3, 0.4) is 0 Å². The highest BCUT2D eigenvalue weighted by Crippen LogP contribution is 2.25. The SMILES string of the molecule is COc1ccc(-n2c(-c3ccc(NS(=O)(=O)c4ccccc4)cc3)n[nH]c2=S)cc1. The fraction of sp³-hybridized carbons (Fsp3) is 0.0476. The second-order valence-corrected chi connectivity index (χ2v) is 8.45. The monoisotopic (exact) mass is 438 g/mol. The fourth-order valence-corrected chi connectivity index (χ4v) is 4.28. The first kappa shape index (κ1) is 19.9. The molecule has 1 aromatic heterocycles. The number of nitrogens with zero attached hydrogens (tertiary/aromatic N) is 2. The number of hydrogen-bond donors (Lipinski definition) is 2. The van der Waals surface area contributed by atoms with E-state index in [-0.39, 0.29) is 4.90 Å². The molecule has 3 aromatic carbocycles. The fourth-order valence-electron chi connectivity index (χ4n) is 2.96. The van der Waals surface area contributed by atoms with Crippen LogP contribution in [-0.2, 0) is 10.0 Å². The van der Waals surface area contributed by atoms with Crippen molar-refractivity contribution in [2.75, 3.05) is 11.8 Å². The summed E-state index contributed by atoms with van der Waals surface area (Å²) in [6.07, 6.45) is 0. The lowest BCUT2D eigenvalue weighted by atomic mass is 10.2. The van der Waals surface area contributed by atoms with E-state index >= 15 is 0 Å². The molecule has 0 saturated heterocycles. The molecule has 0 bridgehead atoms. The van der Waals surface area contributed by atoms with Crippen molar-refractivity contribution in [1.29, 1.82) is 0 Å². The smallest absolute Gasteiger partial charge is 0.261 e. The van der Waals surface area contributed by atoms with Gasteiger partial charge in [-0.05, 0) is 72.9 Å². The Hall–Kier alpha value is -3.43. The third-order valence-corrected chi connectivity index (χ3v) is 6.12. The first-order valence-corrected chi connectivity index (χ1v) is 10.9. The van der Waals surface area contributed by atoms with E-state index in [0.717, 1.165) is 17.0 Å². The lowest BCUT2D eigenvalue weighted by molar-refractivity contribution is 0.414. The van der Waals surface area contributed by atoms with E-state index in [0.29, 0.717) is 16.3 Å². The summed E-state index contributed by atoms with van der Waals surface area (Å²) in [5.74, 6) is 1.35. The van der Waals surface area contributed by atoms with Crippen LogP contribution in [0.4, 0.5) is 5.69 Å². The summed E-state index contributed by atoms with van der Waals surface area (Å²) in [5, 5.41) is 7.14. The van der Waals surface area contributed by atoms with E-state index in [1.807, 2.05) is 24.3 Å². The number of H-pyrrole nitrogens is 1. The molecular formula is C21H18N4O3S2. The van der Waals surface area contributed by atoms with Crippen LogP contribution in [0.5, 0.6) is 5.75 Å². The van der Waals surface area contributed by atoms with Gasteiger partial charge >= 0.3 is 0 Å². The van der Waals surface area contributed by atoms with E-state index in [9.17, 15) is 8.42 Å². The van der Waals surface area contributed by atoms with Crippen LogP contribution >= 0.6 is 12.2 Å². The van der Waals surface area contributed by atoms with Crippen molar-refractivity contribution in [3.63, 3.8) is 0 Å². The van der Waals surface area contributed by atoms with Crippen molar-refractivity contribution in [1.82, 2.24) is 14.8 Å². The Balaban J connectivity index is 1.63. The second-order valence-electron chi connectivity index (χ2n) is 6.38.